The van der Waals surface area contributed by atoms with Crippen LogP contribution >= 0.6 is 0 Å². The van der Waals surface area contributed by atoms with Gasteiger partial charge in [0.1, 0.15) is 5.75 Å². The van der Waals surface area contributed by atoms with Crippen molar-refractivity contribution in [2.75, 3.05) is 32.1 Å². The Hall–Kier alpha value is -2.42. The number of benzene rings is 2. The molecule has 0 saturated carbocycles. The Labute approximate surface area is 172 Å². The number of rotatable bonds is 7. The summed E-state index contributed by atoms with van der Waals surface area (Å²) in [6.45, 7) is 2.90. The number of aryl methyl sites for hydroxylation is 1. The largest absolute Gasteiger partial charge is 0.497 e. The van der Waals surface area contributed by atoms with Crippen molar-refractivity contribution in [1.29, 1.82) is 0 Å². The van der Waals surface area contributed by atoms with Gasteiger partial charge in [-0.15, -0.1) is 0 Å². The van der Waals surface area contributed by atoms with E-state index in [0.29, 0.717) is 25.2 Å². The maximum atomic E-state index is 13.0. The second-order valence-corrected chi connectivity index (χ2v) is 8.90. The Morgan fingerprint density at radius 2 is 1.62 bits per heavy atom. The summed E-state index contributed by atoms with van der Waals surface area (Å²) in [7, 11) is -2.11. The molecule has 0 unspecified atom stereocenters. The van der Waals surface area contributed by atoms with Gasteiger partial charge in [0.2, 0.25) is 5.91 Å². The van der Waals surface area contributed by atoms with Crippen LogP contribution in [-0.4, -0.2) is 49.7 Å². The second kappa shape index (κ2) is 9.39. The lowest BCUT2D eigenvalue weighted by Gasteiger charge is -2.34. The third-order valence-corrected chi connectivity index (χ3v) is 6.88. The molecule has 29 heavy (non-hydrogen) atoms. The standard InChI is InChI=1S/C21H27N3O4S/c1-3-17-5-9-19(10-6-17)22-21(25)16-24-14-4-13-23(29(24,26)27)15-18-7-11-20(28-2)12-8-18/h5-12H,3-4,13-16H2,1-2H3,(H,22,25). The third kappa shape index (κ3) is 5.35. The van der Waals surface area contributed by atoms with Gasteiger partial charge in [0, 0.05) is 25.3 Å². The number of carbonyl (C=O) groups is 1. The van der Waals surface area contributed by atoms with E-state index in [9.17, 15) is 13.2 Å². The van der Waals surface area contributed by atoms with Crippen molar-refractivity contribution >= 4 is 21.8 Å². The van der Waals surface area contributed by atoms with Crippen LogP contribution in [0.3, 0.4) is 0 Å². The number of methoxy groups -OCH3 is 1. The maximum Gasteiger partial charge on any atom is 0.282 e. The highest BCUT2D eigenvalue weighted by Gasteiger charge is 2.34. The van der Waals surface area contributed by atoms with E-state index in [0.717, 1.165) is 17.7 Å². The van der Waals surface area contributed by atoms with Gasteiger partial charge < -0.3 is 10.1 Å². The van der Waals surface area contributed by atoms with Crippen LogP contribution in [0.15, 0.2) is 48.5 Å². The van der Waals surface area contributed by atoms with Crippen molar-refractivity contribution in [1.82, 2.24) is 8.61 Å². The van der Waals surface area contributed by atoms with Crippen LogP contribution in [0.25, 0.3) is 0 Å². The number of nitrogens with one attached hydrogen (secondary N) is 1. The van der Waals surface area contributed by atoms with E-state index in [2.05, 4.69) is 12.2 Å². The monoisotopic (exact) mass is 417 g/mol. The lowest BCUT2D eigenvalue weighted by molar-refractivity contribution is -0.116. The van der Waals surface area contributed by atoms with Crippen LogP contribution in [-0.2, 0) is 28.0 Å². The molecular formula is C21H27N3O4S. The lowest BCUT2D eigenvalue weighted by atomic mass is 10.1. The van der Waals surface area contributed by atoms with E-state index in [4.69, 9.17) is 4.74 Å². The number of carbonyl (C=O) groups excluding carboxylic acids is 1. The molecular weight excluding hydrogens is 390 g/mol. The Morgan fingerprint density at radius 3 is 2.24 bits per heavy atom. The molecule has 1 aliphatic rings. The van der Waals surface area contributed by atoms with E-state index in [1.54, 1.807) is 19.2 Å². The maximum absolute atomic E-state index is 13.0. The van der Waals surface area contributed by atoms with Crippen LogP contribution in [0, 0.1) is 0 Å². The minimum absolute atomic E-state index is 0.197. The lowest BCUT2D eigenvalue weighted by Crippen LogP contribution is -2.51. The van der Waals surface area contributed by atoms with Crippen molar-refractivity contribution in [3.63, 3.8) is 0 Å². The topological polar surface area (TPSA) is 79.0 Å². The smallest absolute Gasteiger partial charge is 0.282 e. The molecule has 0 bridgehead atoms. The quantitative estimate of drug-likeness (QED) is 0.751. The molecule has 3 rings (SSSR count). The Balaban J connectivity index is 1.63. The van der Waals surface area contributed by atoms with Gasteiger partial charge in [0.05, 0.1) is 13.7 Å². The van der Waals surface area contributed by atoms with Gasteiger partial charge in [-0.2, -0.15) is 17.0 Å². The zero-order valence-electron chi connectivity index (χ0n) is 16.8. The summed E-state index contributed by atoms with van der Waals surface area (Å²) in [5, 5.41) is 2.78. The molecule has 8 heteroatoms. The molecule has 0 atom stereocenters. The summed E-state index contributed by atoms with van der Waals surface area (Å²) in [6.07, 6.45) is 1.60. The summed E-state index contributed by atoms with van der Waals surface area (Å²) in [5.41, 5.74) is 2.71. The summed E-state index contributed by atoms with van der Waals surface area (Å²) >= 11 is 0. The highest BCUT2D eigenvalue weighted by atomic mass is 32.2. The van der Waals surface area contributed by atoms with Crippen molar-refractivity contribution < 1.29 is 17.9 Å². The summed E-state index contributed by atoms with van der Waals surface area (Å²) in [4.78, 5) is 12.4. The first-order valence-electron chi connectivity index (χ1n) is 9.69. The molecule has 0 aromatic heterocycles. The highest BCUT2D eigenvalue weighted by Crippen LogP contribution is 2.21. The average Bonchev–Trinajstić information content (AvgIpc) is 2.72. The minimum atomic E-state index is -3.70. The van der Waals surface area contributed by atoms with Gasteiger partial charge in [-0.1, -0.05) is 31.2 Å². The average molecular weight is 418 g/mol. The fraction of sp³-hybridized carbons (Fsp3) is 0.381. The molecule has 1 heterocycles. The van der Waals surface area contributed by atoms with Gasteiger partial charge in [-0.05, 0) is 48.2 Å². The van der Waals surface area contributed by atoms with Gasteiger partial charge in [0.15, 0.2) is 0 Å². The number of ether oxygens (including phenoxy) is 1. The molecule has 1 aliphatic heterocycles. The SMILES string of the molecule is CCc1ccc(NC(=O)CN2CCCN(Cc3ccc(OC)cc3)S2(=O)=O)cc1. The van der Waals surface area contributed by atoms with E-state index >= 15 is 0 Å². The Bertz CT molecular complexity index is 927. The zero-order chi connectivity index (χ0) is 20.9. The molecule has 1 amide bonds. The first-order valence-corrected chi connectivity index (χ1v) is 11.1. The van der Waals surface area contributed by atoms with Crippen LogP contribution in [0.1, 0.15) is 24.5 Å². The number of hydrogen-bond acceptors (Lipinski definition) is 4. The van der Waals surface area contributed by atoms with Crippen LogP contribution in [0.2, 0.25) is 0 Å². The molecule has 156 valence electrons. The predicted molar refractivity (Wildman–Crippen MR) is 113 cm³/mol. The van der Waals surface area contributed by atoms with Crippen LogP contribution in [0.5, 0.6) is 5.75 Å². The van der Waals surface area contributed by atoms with E-state index < -0.39 is 10.2 Å². The van der Waals surface area contributed by atoms with Gasteiger partial charge in [-0.25, -0.2) is 0 Å². The minimum Gasteiger partial charge on any atom is -0.497 e. The summed E-state index contributed by atoms with van der Waals surface area (Å²) < 4.78 is 33.7. The number of amides is 1. The molecule has 0 radical (unpaired) electrons. The van der Waals surface area contributed by atoms with Crippen molar-refractivity contribution in [2.24, 2.45) is 0 Å². The molecule has 1 N–H and O–H groups in total. The highest BCUT2D eigenvalue weighted by molar-refractivity contribution is 7.86. The van der Waals surface area contributed by atoms with Crippen molar-refractivity contribution in [3.8, 4) is 5.75 Å². The van der Waals surface area contributed by atoms with Gasteiger partial charge in [0.25, 0.3) is 10.2 Å². The molecule has 2 aromatic rings. The van der Waals surface area contributed by atoms with E-state index in [1.807, 2.05) is 36.4 Å². The van der Waals surface area contributed by atoms with Crippen LogP contribution < -0.4 is 10.1 Å². The van der Waals surface area contributed by atoms with Gasteiger partial charge >= 0.3 is 0 Å². The van der Waals surface area contributed by atoms with Crippen molar-refractivity contribution in [2.45, 2.75) is 26.3 Å². The van der Waals surface area contributed by atoms with E-state index in [1.165, 1.54) is 14.2 Å². The Kier molecular flexibility index (Phi) is 6.89. The van der Waals surface area contributed by atoms with Crippen molar-refractivity contribution in [3.05, 3.63) is 59.7 Å². The first kappa shape index (κ1) is 21.3. The zero-order valence-corrected chi connectivity index (χ0v) is 17.6. The fourth-order valence-electron chi connectivity index (χ4n) is 3.26. The molecule has 0 spiro atoms. The predicted octanol–water partition coefficient (Wildman–Crippen LogP) is 2.65. The normalized spacial score (nSPS) is 17.0. The van der Waals surface area contributed by atoms with E-state index in [-0.39, 0.29) is 19.0 Å². The molecule has 0 aliphatic carbocycles. The van der Waals surface area contributed by atoms with Crippen LogP contribution in [0.4, 0.5) is 5.69 Å². The molecule has 1 fully saturated rings. The molecule has 2 aromatic carbocycles. The fourth-order valence-corrected chi connectivity index (χ4v) is 4.90. The summed E-state index contributed by atoms with van der Waals surface area (Å²) in [5.74, 6) is 0.379. The third-order valence-electron chi connectivity index (χ3n) is 4.95. The first-order chi connectivity index (χ1) is 13.9. The summed E-state index contributed by atoms with van der Waals surface area (Å²) in [6, 6.07) is 14.9. The van der Waals surface area contributed by atoms with Gasteiger partial charge in [-0.3, -0.25) is 4.79 Å². The Morgan fingerprint density at radius 1 is 1.00 bits per heavy atom. The number of nitrogens with zero attached hydrogens (tertiary/aromatic N) is 2. The second-order valence-electron chi connectivity index (χ2n) is 6.98. The molecule has 7 nitrogen and oxygen atoms in total. The number of hydrogen-bond donors (Lipinski definition) is 1. The molecule has 1 saturated heterocycles. The number of anilines is 1.